The van der Waals surface area contributed by atoms with Gasteiger partial charge in [0, 0.05) is 36.5 Å². The maximum absolute atomic E-state index is 13.0. The van der Waals surface area contributed by atoms with Gasteiger partial charge in [0.05, 0.1) is 19.2 Å². The molecule has 148 valence electrons. The lowest BCUT2D eigenvalue weighted by molar-refractivity contribution is 0.0612. The van der Waals surface area contributed by atoms with Crippen LogP contribution in [0, 0.1) is 13.8 Å². The van der Waals surface area contributed by atoms with Crippen LogP contribution >= 0.6 is 0 Å². The molecule has 1 amide bonds. The minimum Gasteiger partial charge on any atom is -0.497 e. The van der Waals surface area contributed by atoms with Crippen molar-refractivity contribution in [3.8, 4) is 11.4 Å². The normalized spacial score (nSPS) is 11.1. The molecule has 2 heterocycles. The van der Waals surface area contributed by atoms with E-state index in [2.05, 4.69) is 4.98 Å². The molecule has 1 aromatic carbocycles. The number of methoxy groups -OCH3 is 1. The first-order valence-electron chi connectivity index (χ1n) is 8.72. The number of halogens is 2. The molecule has 3 aromatic rings. The summed E-state index contributed by atoms with van der Waals surface area (Å²) in [7, 11) is 3.18. The SMILES string of the molecule is COc1ccc(-n2c(C)cc(C(=O)N(C)Cc3nccn3C(F)F)c2C)cc1. The number of imidazole rings is 1. The summed E-state index contributed by atoms with van der Waals surface area (Å²) in [6.45, 7) is 1.07. The zero-order valence-electron chi connectivity index (χ0n) is 16.2. The molecule has 8 heteroatoms. The number of aromatic nitrogens is 3. The third-order valence-electron chi connectivity index (χ3n) is 4.68. The molecule has 6 nitrogen and oxygen atoms in total. The molecule has 0 saturated heterocycles. The summed E-state index contributed by atoms with van der Waals surface area (Å²) < 4.78 is 33.9. The number of benzene rings is 1. The predicted molar refractivity (Wildman–Crippen MR) is 101 cm³/mol. The summed E-state index contributed by atoms with van der Waals surface area (Å²) in [5.74, 6) is 0.628. The molecule has 0 aliphatic heterocycles. The summed E-state index contributed by atoms with van der Waals surface area (Å²) in [5, 5.41) is 0. The Morgan fingerprint density at radius 3 is 2.54 bits per heavy atom. The molecule has 2 aromatic heterocycles. The van der Waals surface area contributed by atoms with Gasteiger partial charge in [0.2, 0.25) is 0 Å². The number of hydrogen-bond acceptors (Lipinski definition) is 3. The average Bonchev–Trinajstić information content (AvgIpc) is 3.25. The Bertz CT molecular complexity index is 977. The van der Waals surface area contributed by atoms with E-state index in [0.29, 0.717) is 5.56 Å². The third kappa shape index (κ3) is 3.62. The van der Waals surface area contributed by atoms with Gasteiger partial charge in [-0.2, -0.15) is 8.78 Å². The Balaban J connectivity index is 1.87. The van der Waals surface area contributed by atoms with Crippen molar-refractivity contribution in [1.82, 2.24) is 19.0 Å². The Hall–Kier alpha value is -3.16. The maximum Gasteiger partial charge on any atom is 0.319 e. The molecule has 0 fully saturated rings. The van der Waals surface area contributed by atoms with Gasteiger partial charge in [0.1, 0.15) is 11.6 Å². The van der Waals surface area contributed by atoms with Crippen molar-refractivity contribution in [3.05, 3.63) is 65.5 Å². The number of hydrogen-bond donors (Lipinski definition) is 0. The van der Waals surface area contributed by atoms with E-state index < -0.39 is 6.55 Å². The van der Waals surface area contributed by atoms with Crippen molar-refractivity contribution in [2.45, 2.75) is 26.9 Å². The molecule has 0 radical (unpaired) electrons. The molecule has 0 saturated carbocycles. The largest absolute Gasteiger partial charge is 0.497 e. The van der Waals surface area contributed by atoms with E-state index in [4.69, 9.17) is 4.74 Å². The lowest BCUT2D eigenvalue weighted by Crippen LogP contribution is -2.28. The number of ether oxygens (including phenoxy) is 1. The van der Waals surface area contributed by atoms with E-state index in [1.54, 1.807) is 20.2 Å². The van der Waals surface area contributed by atoms with Gasteiger partial charge in [0.25, 0.3) is 5.91 Å². The highest BCUT2D eigenvalue weighted by atomic mass is 19.3. The van der Waals surface area contributed by atoms with Crippen LogP contribution in [0.25, 0.3) is 5.69 Å². The molecule has 0 unspecified atom stereocenters. The number of carbonyl (C=O) groups is 1. The zero-order chi connectivity index (χ0) is 20.4. The van der Waals surface area contributed by atoms with Crippen molar-refractivity contribution < 1.29 is 18.3 Å². The van der Waals surface area contributed by atoms with Crippen LogP contribution in [0.5, 0.6) is 5.75 Å². The summed E-state index contributed by atoms with van der Waals surface area (Å²) in [4.78, 5) is 18.3. The van der Waals surface area contributed by atoms with E-state index >= 15 is 0 Å². The van der Waals surface area contributed by atoms with Crippen molar-refractivity contribution in [1.29, 1.82) is 0 Å². The van der Waals surface area contributed by atoms with E-state index in [9.17, 15) is 13.6 Å². The Morgan fingerprint density at radius 2 is 1.93 bits per heavy atom. The van der Waals surface area contributed by atoms with Crippen LogP contribution in [0.3, 0.4) is 0 Å². The average molecular weight is 388 g/mol. The minimum absolute atomic E-state index is 0.0115. The molecule has 28 heavy (non-hydrogen) atoms. The number of nitrogens with zero attached hydrogens (tertiary/aromatic N) is 4. The van der Waals surface area contributed by atoms with E-state index in [0.717, 1.165) is 27.4 Å². The summed E-state index contributed by atoms with van der Waals surface area (Å²) in [6.07, 6.45) is 2.50. The molecule has 0 aliphatic rings. The highest BCUT2D eigenvalue weighted by molar-refractivity contribution is 5.95. The van der Waals surface area contributed by atoms with Crippen LogP contribution in [0.4, 0.5) is 8.78 Å². The smallest absolute Gasteiger partial charge is 0.319 e. The third-order valence-corrected chi connectivity index (χ3v) is 4.68. The molecule has 0 spiro atoms. The van der Waals surface area contributed by atoms with E-state index in [1.807, 2.05) is 42.7 Å². The van der Waals surface area contributed by atoms with Gasteiger partial charge in [-0.25, -0.2) is 4.98 Å². The molecule has 0 N–H and O–H groups in total. The quantitative estimate of drug-likeness (QED) is 0.642. The molecule has 0 bridgehead atoms. The number of rotatable bonds is 6. The second-order valence-electron chi connectivity index (χ2n) is 6.51. The van der Waals surface area contributed by atoms with Gasteiger partial charge in [-0.3, -0.25) is 9.36 Å². The first kappa shape index (κ1) is 19.6. The fourth-order valence-corrected chi connectivity index (χ4v) is 3.24. The van der Waals surface area contributed by atoms with Crippen LogP contribution in [-0.4, -0.2) is 39.1 Å². The standard InChI is InChI=1S/C20H22F2N4O2/c1-13-11-17(14(2)26(13)15-5-7-16(28-4)8-6-15)19(27)24(3)12-18-23-9-10-25(18)20(21)22/h5-11,20H,12H2,1-4H3. The van der Waals surface area contributed by atoms with Gasteiger partial charge < -0.3 is 14.2 Å². The van der Waals surface area contributed by atoms with Gasteiger partial charge in [-0.1, -0.05) is 0 Å². The van der Waals surface area contributed by atoms with Crippen LogP contribution in [0.15, 0.2) is 42.7 Å². The highest BCUT2D eigenvalue weighted by Gasteiger charge is 2.22. The fraction of sp³-hybridized carbons (Fsp3) is 0.300. The zero-order valence-corrected chi connectivity index (χ0v) is 16.2. The second kappa shape index (κ2) is 7.84. The molecular formula is C20H22F2N4O2. The number of aryl methyl sites for hydroxylation is 1. The van der Waals surface area contributed by atoms with Crippen molar-refractivity contribution >= 4 is 5.91 Å². The summed E-state index contributed by atoms with van der Waals surface area (Å²) >= 11 is 0. The summed E-state index contributed by atoms with van der Waals surface area (Å²) in [6, 6.07) is 9.34. The topological polar surface area (TPSA) is 52.3 Å². The van der Waals surface area contributed by atoms with Crippen molar-refractivity contribution in [2.24, 2.45) is 0 Å². The van der Waals surface area contributed by atoms with E-state index in [-0.39, 0.29) is 18.3 Å². The molecule has 0 atom stereocenters. The molecule has 0 aliphatic carbocycles. The van der Waals surface area contributed by atoms with Crippen LogP contribution in [-0.2, 0) is 6.54 Å². The number of carbonyl (C=O) groups excluding carboxylic acids is 1. The first-order valence-corrected chi connectivity index (χ1v) is 8.72. The van der Waals surface area contributed by atoms with Crippen LogP contribution in [0.2, 0.25) is 0 Å². The second-order valence-corrected chi connectivity index (χ2v) is 6.51. The highest BCUT2D eigenvalue weighted by Crippen LogP contribution is 2.24. The van der Waals surface area contributed by atoms with Gasteiger partial charge >= 0.3 is 6.55 Å². The predicted octanol–water partition coefficient (Wildman–Crippen LogP) is 3.97. The van der Waals surface area contributed by atoms with Gasteiger partial charge in [0.15, 0.2) is 0 Å². The van der Waals surface area contributed by atoms with Crippen LogP contribution < -0.4 is 4.74 Å². The maximum atomic E-state index is 13.0. The first-order chi connectivity index (χ1) is 13.3. The Labute approximate surface area is 162 Å². The molecular weight excluding hydrogens is 366 g/mol. The van der Waals surface area contributed by atoms with Crippen molar-refractivity contribution in [2.75, 3.05) is 14.2 Å². The fourth-order valence-electron chi connectivity index (χ4n) is 3.24. The monoisotopic (exact) mass is 388 g/mol. The molecule has 3 rings (SSSR count). The van der Waals surface area contributed by atoms with Gasteiger partial charge in [-0.05, 0) is 44.2 Å². The minimum atomic E-state index is -2.69. The Morgan fingerprint density at radius 1 is 1.25 bits per heavy atom. The Kier molecular flexibility index (Phi) is 5.48. The van der Waals surface area contributed by atoms with Crippen LogP contribution in [0.1, 0.15) is 34.1 Å². The van der Waals surface area contributed by atoms with E-state index in [1.165, 1.54) is 17.3 Å². The number of alkyl halides is 2. The van der Waals surface area contributed by atoms with Crippen molar-refractivity contribution in [3.63, 3.8) is 0 Å². The summed E-state index contributed by atoms with van der Waals surface area (Å²) in [5.41, 5.74) is 3.10. The number of amides is 1. The lowest BCUT2D eigenvalue weighted by atomic mass is 10.2. The van der Waals surface area contributed by atoms with Gasteiger partial charge in [-0.15, -0.1) is 0 Å². The lowest BCUT2D eigenvalue weighted by Gasteiger charge is -2.18.